The van der Waals surface area contributed by atoms with Crippen LogP contribution in [0.5, 0.6) is 11.5 Å². The molecule has 0 saturated carbocycles. The maximum atomic E-state index is 5.82. The number of thiocarbonyl (C=S) groups is 1. The molecule has 1 aliphatic heterocycles. The van der Waals surface area contributed by atoms with Gasteiger partial charge in [-0.05, 0) is 69.3 Å². The van der Waals surface area contributed by atoms with Crippen LogP contribution in [0.1, 0.15) is 46.1 Å². The Morgan fingerprint density at radius 3 is 2.60 bits per heavy atom. The van der Waals surface area contributed by atoms with Crippen molar-refractivity contribution in [2.75, 3.05) is 13.2 Å². The molecule has 0 atom stereocenters. The zero-order chi connectivity index (χ0) is 18.3. The highest BCUT2D eigenvalue weighted by Crippen LogP contribution is 2.29. The lowest BCUT2D eigenvalue weighted by Crippen LogP contribution is -2.51. The normalized spacial score (nSPS) is 16.2. The van der Waals surface area contributed by atoms with Crippen LogP contribution in [0.3, 0.4) is 0 Å². The number of unbranched alkanes of at least 4 members (excludes halogenated alkanes) is 1. The van der Waals surface area contributed by atoms with Crippen LogP contribution in [-0.4, -0.2) is 23.9 Å². The molecule has 2 rings (SSSR count). The molecule has 2 N–H and O–H groups in total. The predicted octanol–water partition coefficient (Wildman–Crippen LogP) is 4.42. The quantitative estimate of drug-likeness (QED) is 0.531. The number of allylic oxidation sites excluding steroid dienone is 1. The van der Waals surface area contributed by atoms with Gasteiger partial charge in [-0.3, -0.25) is 0 Å². The van der Waals surface area contributed by atoms with Gasteiger partial charge in [0.05, 0.1) is 18.8 Å². The molecule has 1 aliphatic rings. The predicted molar refractivity (Wildman–Crippen MR) is 108 cm³/mol. The van der Waals surface area contributed by atoms with E-state index in [9.17, 15) is 0 Å². The van der Waals surface area contributed by atoms with Gasteiger partial charge >= 0.3 is 0 Å². The average molecular weight is 361 g/mol. The van der Waals surface area contributed by atoms with Crippen LogP contribution in [-0.2, 0) is 0 Å². The van der Waals surface area contributed by atoms with Crippen LogP contribution < -0.4 is 20.1 Å². The van der Waals surface area contributed by atoms with Crippen molar-refractivity contribution in [3.05, 3.63) is 41.6 Å². The first-order valence-electron chi connectivity index (χ1n) is 8.83. The van der Waals surface area contributed by atoms with Gasteiger partial charge in [-0.25, -0.2) is 0 Å². The minimum atomic E-state index is -0.157. The molecule has 0 fully saturated rings. The molecule has 1 aromatic rings. The van der Waals surface area contributed by atoms with Crippen LogP contribution in [0, 0.1) is 0 Å². The molecule has 0 amide bonds. The van der Waals surface area contributed by atoms with Crippen LogP contribution in [0.2, 0.25) is 0 Å². The molecule has 1 heterocycles. The van der Waals surface area contributed by atoms with E-state index >= 15 is 0 Å². The molecule has 0 radical (unpaired) electrons. The van der Waals surface area contributed by atoms with E-state index in [-0.39, 0.29) is 5.54 Å². The molecule has 0 spiro atoms. The average Bonchev–Trinajstić information content (AvgIpc) is 2.53. The monoisotopic (exact) mass is 360 g/mol. The zero-order valence-electron chi connectivity index (χ0n) is 15.5. The highest BCUT2D eigenvalue weighted by atomic mass is 32.1. The van der Waals surface area contributed by atoms with Crippen molar-refractivity contribution in [3.8, 4) is 11.5 Å². The van der Waals surface area contributed by atoms with Crippen molar-refractivity contribution >= 4 is 23.4 Å². The molecule has 0 bridgehead atoms. The van der Waals surface area contributed by atoms with E-state index in [1.807, 2.05) is 37.3 Å². The van der Waals surface area contributed by atoms with Crippen LogP contribution in [0.15, 0.2) is 36.0 Å². The summed E-state index contributed by atoms with van der Waals surface area (Å²) in [6.45, 7) is 9.62. The van der Waals surface area contributed by atoms with Gasteiger partial charge in [0.1, 0.15) is 0 Å². The zero-order valence-corrected chi connectivity index (χ0v) is 16.3. The van der Waals surface area contributed by atoms with Crippen molar-refractivity contribution in [2.24, 2.45) is 0 Å². The molecular weight excluding hydrogens is 332 g/mol. The topological polar surface area (TPSA) is 42.5 Å². The highest BCUT2D eigenvalue weighted by Gasteiger charge is 2.20. The van der Waals surface area contributed by atoms with Crippen molar-refractivity contribution in [1.29, 1.82) is 0 Å². The third kappa shape index (κ3) is 6.09. The van der Waals surface area contributed by atoms with E-state index in [0.29, 0.717) is 18.3 Å². The van der Waals surface area contributed by atoms with E-state index < -0.39 is 0 Å². The third-order valence-corrected chi connectivity index (χ3v) is 3.89. The summed E-state index contributed by atoms with van der Waals surface area (Å²) in [6, 6.07) is 6.01. The number of ether oxygens (including phenoxy) is 2. The lowest BCUT2D eigenvalue weighted by Gasteiger charge is -2.30. The number of hydrogen-bond acceptors (Lipinski definition) is 3. The van der Waals surface area contributed by atoms with Gasteiger partial charge in [-0.2, -0.15) is 0 Å². The van der Waals surface area contributed by atoms with Gasteiger partial charge in [-0.15, -0.1) is 0 Å². The Balaban J connectivity index is 2.15. The molecule has 25 heavy (non-hydrogen) atoms. The van der Waals surface area contributed by atoms with E-state index in [2.05, 4.69) is 37.5 Å². The van der Waals surface area contributed by atoms with Gasteiger partial charge in [0.25, 0.3) is 0 Å². The molecule has 4 nitrogen and oxygen atoms in total. The van der Waals surface area contributed by atoms with Crippen molar-refractivity contribution in [1.82, 2.24) is 10.6 Å². The minimum absolute atomic E-state index is 0.157. The van der Waals surface area contributed by atoms with Crippen molar-refractivity contribution in [3.63, 3.8) is 0 Å². The lowest BCUT2D eigenvalue weighted by molar-refractivity contribution is 0.272. The Labute approximate surface area is 156 Å². The summed E-state index contributed by atoms with van der Waals surface area (Å²) < 4.78 is 11.6. The molecule has 0 aliphatic carbocycles. The fourth-order valence-electron chi connectivity index (χ4n) is 2.53. The van der Waals surface area contributed by atoms with E-state index in [0.717, 1.165) is 35.6 Å². The molecule has 0 saturated heterocycles. The second-order valence-corrected chi connectivity index (χ2v) is 6.98. The van der Waals surface area contributed by atoms with Gasteiger partial charge in [0, 0.05) is 5.70 Å². The number of benzene rings is 1. The highest BCUT2D eigenvalue weighted by molar-refractivity contribution is 7.80. The first-order valence-corrected chi connectivity index (χ1v) is 9.24. The van der Waals surface area contributed by atoms with Crippen molar-refractivity contribution < 1.29 is 9.47 Å². The summed E-state index contributed by atoms with van der Waals surface area (Å²) >= 11 is 5.25. The number of hydrogen-bond donors (Lipinski definition) is 2. The first-order chi connectivity index (χ1) is 11.9. The Morgan fingerprint density at radius 2 is 1.92 bits per heavy atom. The lowest BCUT2D eigenvalue weighted by atomic mass is 10.0. The summed E-state index contributed by atoms with van der Waals surface area (Å²) in [5.74, 6) is 1.58. The van der Waals surface area contributed by atoms with E-state index in [4.69, 9.17) is 21.7 Å². The summed E-state index contributed by atoms with van der Waals surface area (Å²) in [6.07, 6.45) is 8.33. The SMILES string of the molecule is CCCCOc1ccc(/C=C/C2=CC(C)(C)NC(=S)N2)cc1OCC. The molecule has 0 unspecified atom stereocenters. The molecule has 5 heteroatoms. The number of rotatable bonds is 8. The van der Waals surface area contributed by atoms with Crippen LogP contribution in [0.25, 0.3) is 6.08 Å². The van der Waals surface area contributed by atoms with Crippen molar-refractivity contribution in [2.45, 2.75) is 46.1 Å². The molecule has 1 aromatic carbocycles. The number of nitrogens with one attached hydrogen (secondary N) is 2. The van der Waals surface area contributed by atoms with E-state index in [1.54, 1.807) is 0 Å². The maximum absolute atomic E-state index is 5.82. The molecular formula is C20H28N2O2S. The Bertz CT molecular complexity index is 666. The largest absolute Gasteiger partial charge is 0.490 e. The van der Waals surface area contributed by atoms with Gasteiger partial charge in [-0.1, -0.05) is 25.5 Å². The summed E-state index contributed by atoms with van der Waals surface area (Å²) in [5, 5.41) is 7.02. The van der Waals surface area contributed by atoms with Gasteiger partial charge in [0.2, 0.25) is 0 Å². The standard InChI is InChI=1S/C20H28N2O2S/c1-5-7-12-24-17-11-9-15(13-18(17)23-6-2)8-10-16-14-20(3,4)22-19(25)21-16/h8-11,13-14H,5-7,12H2,1-4H3,(H2,21,22,25)/b10-8+. The summed E-state index contributed by atoms with van der Waals surface area (Å²) in [4.78, 5) is 0. The summed E-state index contributed by atoms with van der Waals surface area (Å²) in [5.41, 5.74) is 1.88. The Hall–Kier alpha value is -2.01. The fraction of sp³-hybridized carbons (Fsp3) is 0.450. The Kier molecular flexibility index (Phi) is 6.88. The van der Waals surface area contributed by atoms with Crippen LogP contribution in [0.4, 0.5) is 0 Å². The second-order valence-electron chi connectivity index (χ2n) is 6.58. The minimum Gasteiger partial charge on any atom is -0.490 e. The van der Waals surface area contributed by atoms with Gasteiger partial charge < -0.3 is 20.1 Å². The molecule has 0 aromatic heterocycles. The Morgan fingerprint density at radius 1 is 1.12 bits per heavy atom. The van der Waals surface area contributed by atoms with E-state index in [1.165, 1.54) is 0 Å². The third-order valence-electron chi connectivity index (χ3n) is 3.69. The maximum Gasteiger partial charge on any atom is 0.171 e. The second kappa shape index (κ2) is 8.90. The smallest absolute Gasteiger partial charge is 0.171 e. The molecule has 136 valence electrons. The van der Waals surface area contributed by atoms with Crippen LogP contribution >= 0.6 is 12.2 Å². The first kappa shape index (κ1) is 19.3. The van der Waals surface area contributed by atoms with Gasteiger partial charge in [0.15, 0.2) is 16.6 Å². The fourth-order valence-corrected chi connectivity index (χ4v) is 2.91. The summed E-state index contributed by atoms with van der Waals surface area (Å²) in [7, 11) is 0.